The smallest absolute Gasteiger partial charge is 0.294 e. The van der Waals surface area contributed by atoms with Gasteiger partial charge in [0.1, 0.15) is 10.8 Å². The molecule has 1 N–H and O–H groups in total. The third-order valence-electron chi connectivity index (χ3n) is 6.68. The second-order valence-corrected chi connectivity index (χ2v) is 10.0. The predicted molar refractivity (Wildman–Crippen MR) is 145 cm³/mol. The number of rotatable bonds is 6. The van der Waals surface area contributed by atoms with Gasteiger partial charge in [-0.25, -0.2) is 4.98 Å². The molecule has 0 spiro atoms. The molecule has 1 aliphatic heterocycles. The molecule has 0 radical (unpaired) electrons. The van der Waals surface area contributed by atoms with E-state index in [2.05, 4.69) is 4.98 Å². The average Bonchev–Trinajstić information content (AvgIpc) is 3.43. The predicted octanol–water partition coefficient (Wildman–Crippen LogP) is 6.53. The molecule has 1 aliphatic rings. The van der Waals surface area contributed by atoms with Crippen molar-refractivity contribution in [1.82, 2.24) is 4.98 Å². The van der Waals surface area contributed by atoms with Crippen molar-refractivity contribution in [2.24, 2.45) is 0 Å². The molecule has 0 saturated heterocycles. The number of aliphatic hydroxyl groups is 1. The van der Waals surface area contributed by atoms with Crippen LogP contribution in [0, 0.1) is 20.8 Å². The van der Waals surface area contributed by atoms with Gasteiger partial charge in [-0.3, -0.25) is 14.5 Å². The van der Waals surface area contributed by atoms with Gasteiger partial charge in [0.15, 0.2) is 5.76 Å². The van der Waals surface area contributed by atoms with Crippen LogP contribution in [0.15, 0.2) is 84.1 Å². The van der Waals surface area contributed by atoms with Crippen molar-refractivity contribution in [2.75, 3.05) is 12.0 Å². The third-order valence-corrected chi connectivity index (χ3v) is 7.88. The number of methoxy groups -OCH3 is 1. The molecule has 186 valence electrons. The first-order chi connectivity index (χ1) is 17.8. The Labute approximate surface area is 219 Å². The number of hydrogen-bond donors (Lipinski definition) is 1. The Kier molecular flexibility index (Phi) is 6.39. The lowest BCUT2D eigenvalue weighted by molar-refractivity contribution is -0.117. The maximum Gasteiger partial charge on any atom is 0.294 e. The van der Waals surface area contributed by atoms with Gasteiger partial charge in [-0.05, 0) is 61.7 Å². The number of hydrogen-bond acceptors (Lipinski definition) is 6. The highest BCUT2D eigenvalue weighted by molar-refractivity contribution is 7.17. The van der Waals surface area contributed by atoms with E-state index in [1.807, 2.05) is 74.5 Å². The molecular formula is C30H26N2O4S. The summed E-state index contributed by atoms with van der Waals surface area (Å²) >= 11 is 1.26. The fourth-order valence-electron chi connectivity index (χ4n) is 4.51. The molecule has 37 heavy (non-hydrogen) atoms. The van der Waals surface area contributed by atoms with Crippen LogP contribution in [0.5, 0.6) is 5.75 Å². The normalized spacial score (nSPS) is 15.4. The minimum absolute atomic E-state index is 0.0414. The van der Waals surface area contributed by atoms with Crippen LogP contribution in [0.3, 0.4) is 0 Å². The highest BCUT2D eigenvalue weighted by Gasteiger charge is 2.45. The van der Waals surface area contributed by atoms with Crippen LogP contribution in [0.2, 0.25) is 0 Å². The van der Waals surface area contributed by atoms with E-state index in [-0.39, 0.29) is 5.57 Å². The number of benzene rings is 3. The van der Waals surface area contributed by atoms with Gasteiger partial charge in [-0.1, -0.05) is 48.5 Å². The molecular weight excluding hydrogens is 484 g/mol. The Bertz CT molecular complexity index is 1540. The van der Waals surface area contributed by atoms with Crippen molar-refractivity contribution < 1.29 is 19.4 Å². The largest absolute Gasteiger partial charge is 0.503 e. The first-order valence-corrected chi connectivity index (χ1v) is 12.7. The SMILES string of the molecule is COc1ccc(C2C(C(=O)c3sc(-c4ccccc4)nc3C)=C(O)C(=O)N2c2ccc(C)c(C)c2)cc1. The average molecular weight is 511 g/mol. The summed E-state index contributed by atoms with van der Waals surface area (Å²) in [6.07, 6.45) is 0. The summed E-state index contributed by atoms with van der Waals surface area (Å²) < 4.78 is 5.30. The summed E-state index contributed by atoms with van der Waals surface area (Å²) in [5, 5.41) is 11.8. The second-order valence-electron chi connectivity index (χ2n) is 9.01. The first-order valence-electron chi connectivity index (χ1n) is 11.9. The first kappa shape index (κ1) is 24.5. The van der Waals surface area contributed by atoms with Crippen LogP contribution in [-0.4, -0.2) is 28.9 Å². The Morgan fingerprint density at radius 2 is 1.68 bits per heavy atom. The molecule has 3 aromatic carbocycles. The number of ketones is 1. The second kappa shape index (κ2) is 9.67. The van der Waals surface area contributed by atoms with Crippen LogP contribution in [0.25, 0.3) is 10.6 Å². The van der Waals surface area contributed by atoms with E-state index in [0.717, 1.165) is 16.7 Å². The Hall–Kier alpha value is -4.23. The van der Waals surface area contributed by atoms with Gasteiger partial charge in [0.2, 0.25) is 5.78 Å². The number of anilines is 1. The van der Waals surface area contributed by atoms with Crippen LogP contribution < -0.4 is 9.64 Å². The van der Waals surface area contributed by atoms with Gasteiger partial charge < -0.3 is 9.84 Å². The lowest BCUT2D eigenvalue weighted by atomic mass is 9.94. The molecule has 0 saturated carbocycles. The van der Waals surface area contributed by atoms with Crippen molar-refractivity contribution in [3.63, 3.8) is 0 Å². The highest BCUT2D eigenvalue weighted by Crippen LogP contribution is 2.44. The van der Waals surface area contributed by atoms with Crippen LogP contribution in [0.4, 0.5) is 5.69 Å². The number of aliphatic hydroxyl groups excluding tert-OH is 1. The number of aryl methyl sites for hydroxylation is 3. The standard InChI is InChI=1S/C30H26N2O4S/c1-17-10-13-22(16-18(17)2)32-25(20-11-14-23(36-4)15-12-20)24(27(34)30(32)35)26(33)28-19(3)31-29(37-28)21-8-6-5-7-9-21/h5-16,25,34H,1-4H3. The fraction of sp³-hybridized carbons (Fsp3) is 0.167. The molecule has 0 bridgehead atoms. The maximum atomic E-state index is 14.0. The van der Waals surface area contributed by atoms with Crippen LogP contribution in [0.1, 0.15) is 38.1 Å². The van der Waals surface area contributed by atoms with Gasteiger partial charge in [-0.15, -0.1) is 11.3 Å². The molecule has 2 heterocycles. The number of carbonyl (C=O) groups is 2. The summed E-state index contributed by atoms with van der Waals surface area (Å²) in [7, 11) is 1.58. The van der Waals surface area contributed by atoms with Gasteiger partial charge in [0.25, 0.3) is 5.91 Å². The fourth-order valence-corrected chi connectivity index (χ4v) is 5.54. The van der Waals surface area contributed by atoms with E-state index in [0.29, 0.717) is 32.6 Å². The number of amides is 1. The number of aromatic nitrogens is 1. The van der Waals surface area contributed by atoms with E-state index in [4.69, 9.17) is 4.74 Å². The monoisotopic (exact) mass is 510 g/mol. The quantitative estimate of drug-likeness (QED) is 0.299. The Morgan fingerprint density at radius 3 is 2.32 bits per heavy atom. The Morgan fingerprint density at radius 1 is 0.973 bits per heavy atom. The van der Waals surface area contributed by atoms with Gasteiger partial charge in [0.05, 0.1) is 29.3 Å². The third kappa shape index (κ3) is 4.32. The molecule has 5 rings (SSSR count). The van der Waals surface area contributed by atoms with E-state index < -0.39 is 23.5 Å². The van der Waals surface area contributed by atoms with Crippen LogP contribution >= 0.6 is 11.3 Å². The summed E-state index contributed by atoms with van der Waals surface area (Å²) in [5.74, 6) is -0.913. The van der Waals surface area contributed by atoms with Crippen molar-refractivity contribution in [3.8, 4) is 16.3 Å². The van der Waals surface area contributed by atoms with Crippen LogP contribution in [-0.2, 0) is 4.79 Å². The van der Waals surface area contributed by atoms with Gasteiger partial charge in [-0.2, -0.15) is 0 Å². The molecule has 1 aromatic heterocycles. The van der Waals surface area contributed by atoms with Crippen molar-refractivity contribution >= 4 is 28.7 Å². The van der Waals surface area contributed by atoms with Crippen molar-refractivity contribution in [2.45, 2.75) is 26.8 Å². The van der Waals surface area contributed by atoms with Gasteiger partial charge >= 0.3 is 0 Å². The number of ether oxygens (including phenoxy) is 1. The molecule has 4 aromatic rings. The lowest BCUT2D eigenvalue weighted by Gasteiger charge is -2.27. The van der Waals surface area contributed by atoms with E-state index in [1.165, 1.54) is 16.2 Å². The molecule has 7 heteroatoms. The molecule has 1 amide bonds. The Balaban J connectivity index is 1.64. The van der Waals surface area contributed by atoms with E-state index in [9.17, 15) is 14.7 Å². The summed E-state index contributed by atoms with van der Waals surface area (Å²) in [4.78, 5) is 34.0. The zero-order valence-electron chi connectivity index (χ0n) is 21.0. The number of thiazole rings is 1. The highest BCUT2D eigenvalue weighted by atomic mass is 32.1. The number of nitrogens with zero attached hydrogens (tertiary/aromatic N) is 2. The summed E-state index contributed by atoms with van der Waals surface area (Å²) in [6, 6.07) is 21.7. The minimum atomic E-state index is -0.810. The zero-order chi connectivity index (χ0) is 26.3. The molecule has 1 unspecified atom stereocenters. The van der Waals surface area contributed by atoms with E-state index in [1.54, 1.807) is 26.2 Å². The van der Waals surface area contributed by atoms with E-state index >= 15 is 0 Å². The zero-order valence-corrected chi connectivity index (χ0v) is 21.8. The number of Topliss-reactive ketones (excluding diaryl/α,β-unsaturated/α-hetero) is 1. The maximum absolute atomic E-state index is 14.0. The molecule has 6 nitrogen and oxygen atoms in total. The topological polar surface area (TPSA) is 79.7 Å². The molecule has 0 aliphatic carbocycles. The lowest BCUT2D eigenvalue weighted by Crippen LogP contribution is -2.31. The summed E-state index contributed by atoms with van der Waals surface area (Å²) in [5.41, 5.74) is 4.88. The minimum Gasteiger partial charge on any atom is -0.503 e. The number of carbonyl (C=O) groups excluding carboxylic acids is 2. The van der Waals surface area contributed by atoms with Crippen molar-refractivity contribution in [1.29, 1.82) is 0 Å². The summed E-state index contributed by atoms with van der Waals surface area (Å²) in [6.45, 7) is 5.73. The molecule has 1 atom stereocenters. The van der Waals surface area contributed by atoms with Gasteiger partial charge in [0, 0.05) is 11.3 Å². The molecule has 0 fully saturated rings. The van der Waals surface area contributed by atoms with Crippen molar-refractivity contribution in [3.05, 3.63) is 111 Å².